The highest BCUT2D eigenvalue weighted by atomic mass is 32.2. The number of aryl methyl sites for hydroxylation is 1. The Labute approximate surface area is 201 Å². The van der Waals surface area contributed by atoms with Crippen LogP contribution in [0.4, 0.5) is 0 Å². The van der Waals surface area contributed by atoms with E-state index in [0.29, 0.717) is 33.5 Å². The zero-order valence-electron chi connectivity index (χ0n) is 17.7. The Morgan fingerprint density at radius 2 is 2.15 bits per heavy atom. The van der Waals surface area contributed by atoms with Gasteiger partial charge in [-0.3, -0.25) is 19.3 Å². The third-order valence-corrected chi connectivity index (χ3v) is 7.65. The molecule has 1 aromatic carbocycles. The molecule has 1 aromatic heterocycles. The lowest BCUT2D eigenvalue weighted by Crippen LogP contribution is -2.71. The number of ether oxygens (including phenoxy) is 1. The van der Waals surface area contributed by atoms with Gasteiger partial charge < -0.3 is 20.9 Å². The molecule has 2 unspecified atom stereocenters. The van der Waals surface area contributed by atoms with Crippen molar-refractivity contribution in [3.05, 3.63) is 41.1 Å². The lowest BCUT2D eigenvalue weighted by molar-refractivity contribution is -0.150. The molecule has 0 bridgehead atoms. The summed E-state index contributed by atoms with van der Waals surface area (Å²) in [6.07, 6.45) is 0. The molecule has 0 saturated carbocycles. The van der Waals surface area contributed by atoms with Crippen molar-refractivity contribution in [1.29, 1.82) is 0 Å². The van der Waals surface area contributed by atoms with Crippen molar-refractivity contribution in [3.8, 4) is 5.75 Å². The van der Waals surface area contributed by atoms with Crippen LogP contribution in [0.3, 0.4) is 0 Å². The highest BCUT2D eigenvalue weighted by Gasteiger charge is 2.54. The van der Waals surface area contributed by atoms with E-state index in [1.807, 2.05) is 0 Å². The minimum Gasteiger partial charge on any atom is -0.477 e. The number of nitrogens with two attached hydrogens (primary N) is 1. The number of β-lactam (4-membered cyclic amide) rings is 1. The molecule has 4 rings (SSSR count). The molecule has 0 aliphatic carbocycles. The maximum atomic E-state index is 12.8. The minimum absolute atomic E-state index is 0.0862. The quantitative estimate of drug-likeness (QED) is 0.221. The number of nitrogens with zero attached hydrogens (tertiary/aromatic N) is 5. The van der Waals surface area contributed by atoms with Crippen molar-refractivity contribution < 1.29 is 29.0 Å². The van der Waals surface area contributed by atoms with E-state index in [1.165, 1.54) is 57.4 Å². The number of aliphatic carboxylic acids is 1. The van der Waals surface area contributed by atoms with Gasteiger partial charge in [0.25, 0.3) is 12.4 Å². The summed E-state index contributed by atoms with van der Waals surface area (Å²) in [5, 5.41) is 23.5. The van der Waals surface area contributed by atoms with E-state index in [9.17, 15) is 24.3 Å². The van der Waals surface area contributed by atoms with Crippen LogP contribution >= 0.6 is 23.5 Å². The van der Waals surface area contributed by atoms with Crippen molar-refractivity contribution in [1.82, 2.24) is 30.4 Å². The summed E-state index contributed by atoms with van der Waals surface area (Å²) >= 11 is 2.63. The van der Waals surface area contributed by atoms with Crippen molar-refractivity contribution in [3.63, 3.8) is 0 Å². The van der Waals surface area contributed by atoms with Crippen molar-refractivity contribution in [2.75, 3.05) is 11.5 Å². The van der Waals surface area contributed by atoms with E-state index in [-0.39, 0.29) is 12.2 Å². The zero-order chi connectivity index (χ0) is 24.4. The first kappa shape index (κ1) is 23.7. The van der Waals surface area contributed by atoms with Crippen LogP contribution in [-0.4, -0.2) is 77.4 Å². The van der Waals surface area contributed by atoms with Gasteiger partial charge in [-0.25, -0.2) is 9.48 Å². The second-order valence-electron chi connectivity index (χ2n) is 7.29. The largest absolute Gasteiger partial charge is 0.477 e. The normalized spacial score (nSPS) is 20.3. The molecule has 0 radical (unpaired) electrons. The Balaban J connectivity index is 1.43. The van der Waals surface area contributed by atoms with Gasteiger partial charge in [0.1, 0.15) is 28.9 Å². The van der Waals surface area contributed by atoms with Gasteiger partial charge in [0.2, 0.25) is 11.1 Å². The second kappa shape index (κ2) is 9.82. The number of hydrogen-bond donors (Lipinski definition) is 3. The monoisotopic (exact) mass is 505 g/mol. The molecule has 2 aliphatic rings. The van der Waals surface area contributed by atoms with E-state index in [2.05, 4.69) is 20.8 Å². The fourth-order valence-electron chi connectivity index (χ4n) is 3.49. The predicted molar refractivity (Wildman–Crippen MR) is 119 cm³/mol. The van der Waals surface area contributed by atoms with Crippen LogP contribution in [0.1, 0.15) is 11.6 Å². The molecular weight excluding hydrogens is 486 g/mol. The Kier molecular flexibility index (Phi) is 6.85. The average Bonchev–Trinajstić information content (AvgIpc) is 3.24. The Morgan fingerprint density at radius 3 is 2.76 bits per heavy atom. The highest BCUT2D eigenvalue weighted by Crippen LogP contribution is 2.41. The molecule has 2 aliphatic heterocycles. The van der Waals surface area contributed by atoms with Gasteiger partial charge in [0.05, 0.1) is 0 Å². The predicted octanol–water partition coefficient (Wildman–Crippen LogP) is -0.724. The van der Waals surface area contributed by atoms with Crippen LogP contribution in [0, 0.1) is 0 Å². The molecule has 3 atom stereocenters. The Hall–Kier alpha value is -3.43. The summed E-state index contributed by atoms with van der Waals surface area (Å²) in [6.45, 7) is 0.286. The van der Waals surface area contributed by atoms with Gasteiger partial charge in [-0.05, 0) is 33.7 Å². The van der Waals surface area contributed by atoms with E-state index in [0.717, 1.165) is 0 Å². The molecule has 2 amide bonds. The van der Waals surface area contributed by atoms with E-state index >= 15 is 0 Å². The SMILES string of the molecule is Cn1nnnc1SCC1=C(C(=O)O)N2C(=O)C(NC(=O)C(N)c3ccc(OC=O)cc3)[C@@H]2SC1. The number of hydrogen-bond acceptors (Lipinski definition) is 11. The fourth-order valence-corrected chi connectivity index (χ4v) is 5.83. The topological polar surface area (TPSA) is 183 Å². The Bertz CT molecular complexity index is 1170. The molecule has 13 nitrogen and oxygen atoms in total. The number of tetrazole rings is 1. The van der Waals surface area contributed by atoms with Gasteiger partial charge in [-0.1, -0.05) is 23.9 Å². The smallest absolute Gasteiger partial charge is 0.352 e. The first-order chi connectivity index (χ1) is 16.3. The molecule has 34 heavy (non-hydrogen) atoms. The van der Waals surface area contributed by atoms with Gasteiger partial charge in [-0.15, -0.1) is 16.9 Å². The number of carbonyl (C=O) groups is 4. The van der Waals surface area contributed by atoms with Gasteiger partial charge >= 0.3 is 5.97 Å². The van der Waals surface area contributed by atoms with Gasteiger partial charge in [0.15, 0.2) is 0 Å². The van der Waals surface area contributed by atoms with Crippen LogP contribution in [-0.2, 0) is 26.2 Å². The van der Waals surface area contributed by atoms with Crippen molar-refractivity contribution in [2.24, 2.45) is 12.8 Å². The molecule has 15 heteroatoms. The third-order valence-electron chi connectivity index (χ3n) is 5.21. The maximum Gasteiger partial charge on any atom is 0.352 e. The van der Waals surface area contributed by atoms with Crippen LogP contribution < -0.4 is 15.8 Å². The van der Waals surface area contributed by atoms with E-state index in [4.69, 9.17) is 10.5 Å². The number of fused-ring (bicyclic) bond motifs is 1. The Morgan fingerprint density at radius 1 is 1.41 bits per heavy atom. The van der Waals surface area contributed by atoms with Crippen molar-refractivity contribution >= 4 is 47.8 Å². The number of benzene rings is 1. The van der Waals surface area contributed by atoms with Crippen LogP contribution in [0.15, 0.2) is 40.7 Å². The van der Waals surface area contributed by atoms with E-state index < -0.39 is 35.2 Å². The number of carboxylic acids is 1. The lowest BCUT2D eigenvalue weighted by Gasteiger charge is -2.49. The summed E-state index contributed by atoms with van der Waals surface area (Å²) in [5.74, 6) is -1.36. The van der Waals surface area contributed by atoms with Gasteiger partial charge in [-0.2, -0.15) is 0 Å². The molecule has 178 valence electrons. The number of aromatic nitrogens is 4. The van der Waals surface area contributed by atoms with Gasteiger partial charge in [0, 0.05) is 18.6 Å². The van der Waals surface area contributed by atoms with Crippen LogP contribution in [0.5, 0.6) is 5.75 Å². The third kappa shape index (κ3) is 4.49. The molecule has 0 spiro atoms. The highest BCUT2D eigenvalue weighted by molar-refractivity contribution is 8.01. The first-order valence-electron chi connectivity index (χ1n) is 9.83. The van der Waals surface area contributed by atoms with Crippen LogP contribution in [0.25, 0.3) is 0 Å². The molecule has 4 N–H and O–H groups in total. The minimum atomic E-state index is -1.22. The number of thioether (sulfide) groups is 2. The summed E-state index contributed by atoms with van der Waals surface area (Å²) in [7, 11) is 1.67. The number of rotatable bonds is 9. The summed E-state index contributed by atoms with van der Waals surface area (Å²) in [5.41, 5.74) is 6.96. The summed E-state index contributed by atoms with van der Waals surface area (Å²) < 4.78 is 6.18. The van der Waals surface area contributed by atoms with Crippen molar-refractivity contribution in [2.45, 2.75) is 22.6 Å². The average molecular weight is 506 g/mol. The lowest BCUT2D eigenvalue weighted by atomic mass is 10.0. The standard InChI is InChI=1S/C19H19N7O6S2/c1-25-19(22-23-24-25)34-7-10-6-33-17-13(16(29)26(17)14(10)18(30)31)21-15(28)12(20)9-2-4-11(5-3-9)32-8-27/h2-5,8,12-13,17H,6-7,20H2,1H3,(H,21,28)(H,30,31)/t12?,13?,17-/m0/s1. The fraction of sp³-hybridized carbons (Fsp3) is 0.316. The molecule has 3 heterocycles. The second-order valence-corrected chi connectivity index (χ2v) is 9.34. The number of nitrogens with one attached hydrogen (secondary N) is 1. The van der Waals surface area contributed by atoms with E-state index in [1.54, 1.807) is 7.05 Å². The number of carboxylic acid groups (broad SMARTS) is 1. The number of carbonyl (C=O) groups excluding carboxylic acids is 3. The molecule has 1 saturated heterocycles. The summed E-state index contributed by atoms with van der Waals surface area (Å²) in [6, 6.07) is 4.09. The molecular formula is C19H19N7O6S2. The van der Waals surface area contributed by atoms with Crippen LogP contribution in [0.2, 0.25) is 0 Å². The molecule has 2 aromatic rings. The maximum absolute atomic E-state index is 12.8. The first-order valence-corrected chi connectivity index (χ1v) is 11.9. The summed E-state index contributed by atoms with van der Waals surface area (Å²) in [4.78, 5) is 49.1. The number of amides is 2. The molecule has 1 fully saturated rings. The zero-order valence-corrected chi connectivity index (χ0v) is 19.3.